The molecule has 1 unspecified atom stereocenters. The Balaban J connectivity index is 1.89. The van der Waals surface area contributed by atoms with Crippen LogP contribution in [0.1, 0.15) is 27.7 Å². The van der Waals surface area contributed by atoms with Crippen LogP contribution in [0.25, 0.3) is 10.9 Å². The zero-order valence-electron chi connectivity index (χ0n) is 19.3. The second kappa shape index (κ2) is 10.1. The Bertz CT molecular complexity index is 1310. The normalized spacial score (nSPS) is 11.5. The van der Waals surface area contributed by atoms with Crippen LogP contribution in [0.5, 0.6) is 23.0 Å². The van der Waals surface area contributed by atoms with Crippen molar-refractivity contribution in [2.24, 2.45) is 0 Å². The van der Waals surface area contributed by atoms with E-state index in [1.165, 1.54) is 6.33 Å². The third kappa shape index (κ3) is 4.43. The van der Waals surface area contributed by atoms with Crippen molar-refractivity contribution in [3.05, 3.63) is 83.8 Å². The molecular formula is C26H24N2O6. The lowest BCUT2D eigenvalue weighted by molar-refractivity contribution is 0.0373. The van der Waals surface area contributed by atoms with Gasteiger partial charge in [0.25, 0.3) is 0 Å². The van der Waals surface area contributed by atoms with Gasteiger partial charge in [-0.05, 0) is 30.3 Å². The van der Waals surface area contributed by atoms with Crippen molar-refractivity contribution in [3.8, 4) is 23.0 Å². The Morgan fingerprint density at radius 3 is 2.06 bits per heavy atom. The molecule has 3 aromatic carbocycles. The molecule has 0 saturated carbocycles. The first-order valence-electron chi connectivity index (χ1n) is 10.4. The fourth-order valence-electron chi connectivity index (χ4n) is 3.66. The smallest absolute Gasteiger partial charge is 0.339 e. The van der Waals surface area contributed by atoms with Gasteiger partial charge in [-0.25, -0.2) is 14.8 Å². The average Bonchev–Trinajstić information content (AvgIpc) is 2.90. The lowest BCUT2D eigenvalue weighted by atomic mass is 10.0. The maximum absolute atomic E-state index is 13.1. The van der Waals surface area contributed by atoms with Gasteiger partial charge in [-0.2, -0.15) is 0 Å². The average molecular weight is 460 g/mol. The van der Waals surface area contributed by atoms with E-state index in [1.807, 2.05) is 6.07 Å². The van der Waals surface area contributed by atoms with E-state index in [4.69, 9.17) is 23.7 Å². The minimum atomic E-state index is -0.865. The lowest BCUT2D eigenvalue weighted by Crippen LogP contribution is -2.15. The van der Waals surface area contributed by atoms with Crippen LogP contribution in [0, 0.1) is 0 Å². The molecule has 0 saturated heterocycles. The van der Waals surface area contributed by atoms with E-state index < -0.39 is 12.1 Å². The van der Waals surface area contributed by atoms with Crippen LogP contribution in [0.15, 0.2) is 67.0 Å². The van der Waals surface area contributed by atoms with Crippen molar-refractivity contribution < 1.29 is 28.5 Å². The summed E-state index contributed by atoms with van der Waals surface area (Å²) in [5.41, 5.74) is 2.17. The van der Waals surface area contributed by atoms with E-state index in [-0.39, 0.29) is 0 Å². The number of esters is 1. The first-order chi connectivity index (χ1) is 16.6. The number of rotatable bonds is 8. The fraction of sp³-hybridized carbons (Fsp3) is 0.192. The standard InChI is InChI=1S/C26H24N2O6/c1-30-20-11-10-17(12-21(20)31-2)25(34-26(29)16-8-6-5-7-9-16)24-18-13-22(32-3)23(33-4)14-19(18)27-15-28-24/h5-15,25H,1-4H3. The SMILES string of the molecule is COc1ccc(C(OC(=O)c2ccccc2)c2ncnc3cc(OC)c(OC)cc23)cc1OC. The molecule has 0 spiro atoms. The third-order valence-corrected chi connectivity index (χ3v) is 5.36. The summed E-state index contributed by atoms with van der Waals surface area (Å²) in [7, 11) is 6.21. The number of carbonyl (C=O) groups excluding carboxylic acids is 1. The van der Waals surface area contributed by atoms with Crippen molar-refractivity contribution in [2.45, 2.75) is 6.10 Å². The summed E-state index contributed by atoms with van der Waals surface area (Å²) in [5.74, 6) is 1.60. The van der Waals surface area contributed by atoms with Crippen LogP contribution >= 0.6 is 0 Å². The Kier molecular flexibility index (Phi) is 6.77. The summed E-state index contributed by atoms with van der Waals surface area (Å²) < 4.78 is 27.7. The van der Waals surface area contributed by atoms with E-state index in [0.29, 0.717) is 50.7 Å². The third-order valence-electron chi connectivity index (χ3n) is 5.36. The van der Waals surface area contributed by atoms with Gasteiger partial charge >= 0.3 is 5.97 Å². The van der Waals surface area contributed by atoms with Gasteiger partial charge in [-0.15, -0.1) is 0 Å². The number of methoxy groups -OCH3 is 4. The van der Waals surface area contributed by atoms with Gasteiger partial charge in [0, 0.05) is 17.0 Å². The number of benzene rings is 3. The van der Waals surface area contributed by atoms with Gasteiger partial charge in [0.2, 0.25) is 0 Å². The van der Waals surface area contributed by atoms with E-state index in [2.05, 4.69) is 9.97 Å². The molecule has 4 aromatic rings. The number of ether oxygens (including phenoxy) is 5. The molecule has 0 radical (unpaired) electrons. The molecule has 174 valence electrons. The number of fused-ring (bicyclic) bond motifs is 1. The van der Waals surface area contributed by atoms with Crippen molar-refractivity contribution in [1.29, 1.82) is 0 Å². The van der Waals surface area contributed by atoms with Crippen LogP contribution in [0.2, 0.25) is 0 Å². The van der Waals surface area contributed by atoms with Crippen LogP contribution < -0.4 is 18.9 Å². The second-order valence-electron chi connectivity index (χ2n) is 7.25. The highest BCUT2D eigenvalue weighted by molar-refractivity contribution is 5.90. The molecule has 4 rings (SSSR count). The fourth-order valence-corrected chi connectivity index (χ4v) is 3.66. The number of carbonyl (C=O) groups is 1. The molecular weight excluding hydrogens is 436 g/mol. The molecule has 0 bridgehead atoms. The van der Waals surface area contributed by atoms with Gasteiger partial charge in [0.05, 0.1) is 45.2 Å². The van der Waals surface area contributed by atoms with Crippen molar-refractivity contribution in [2.75, 3.05) is 28.4 Å². The molecule has 0 aliphatic carbocycles. The first kappa shape index (κ1) is 22.8. The largest absolute Gasteiger partial charge is 0.493 e. The highest BCUT2D eigenvalue weighted by Gasteiger charge is 2.26. The molecule has 1 aromatic heterocycles. The van der Waals surface area contributed by atoms with Crippen LogP contribution in [-0.4, -0.2) is 44.4 Å². The van der Waals surface area contributed by atoms with Gasteiger partial charge in [0.15, 0.2) is 29.1 Å². The van der Waals surface area contributed by atoms with E-state index in [0.717, 1.165) is 0 Å². The minimum absolute atomic E-state index is 0.422. The lowest BCUT2D eigenvalue weighted by Gasteiger charge is -2.21. The molecule has 0 aliphatic heterocycles. The van der Waals surface area contributed by atoms with Crippen molar-refractivity contribution in [1.82, 2.24) is 9.97 Å². The predicted molar refractivity (Wildman–Crippen MR) is 126 cm³/mol. The van der Waals surface area contributed by atoms with E-state index in [9.17, 15) is 4.79 Å². The second-order valence-corrected chi connectivity index (χ2v) is 7.25. The zero-order chi connectivity index (χ0) is 24.1. The molecule has 34 heavy (non-hydrogen) atoms. The molecule has 1 atom stereocenters. The number of hydrogen-bond donors (Lipinski definition) is 0. The number of nitrogens with zero attached hydrogens (tertiary/aromatic N) is 2. The highest BCUT2D eigenvalue weighted by Crippen LogP contribution is 2.38. The van der Waals surface area contributed by atoms with Gasteiger partial charge in [-0.3, -0.25) is 0 Å². The topological polar surface area (TPSA) is 89.0 Å². The molecule has 0 aliphatic rings. The molecule has 0 amide bonds. The Morgan fingerprint density at radius 2 is 1.38 bits per heavy atom. The number of hydrogen-bond acceptors (Lipinski definition) is 8. The molecule has 8 heteroatoms. The van der Waals surface area contributed by atoms with Gasteiger partial charge < -0.3 is 23.7 Å². The Morgan fingerprint density at radius 1 is 0.735 bits per heavy atom. The minimum Gasteiger partial charge on any atom is -0.493 e. The summed E-state index contributed by atoms with van der Waals surface area (Å²) in [6.45, 7) is 0. The Hall–Kier alpha value is -4.33. The molecule has 0 N–H and O–H groups in total. The van der Waals surface area contributed by atoms with Crippen molar-refractivity contribution >= 4 is 16.9 Å². The number of aromatic nitrogens is 2. The van der Waals surface area contributed by atoms with Gasteiger partial charge in [0.1, 0.15) is 6.33 Å². The monoisotopic (exact) mass is 460 g/mol. The first-order valence-corrected chi connectivity index (χ1v) is 10.4. The summed E-state index contributed by atoms with van der Waals surface area (Å²) in [4.78, 5) is 21.9. The predicted octanol–water partition coefficient (Wildman–Crippen LogP) is 4.61. The summed E-state index contributed by atoms with van der Waals surface area (Å²) in [6.07, 6.45) is 0.560. The summed E-state index contributed by atoms with van der Waals surface area (Å²) in [5, 5.41) is 0.654. The molecule has 1 heterocycles. The van der Waals surface area contributed by atoms with Crippen LogP contribution in [-0.2, 0) is 4.74 Å². The maximum Gasteiger partial charge on any atom is 0.339 e. The maximum atomic E-state index is 13.1. The Labute approximate surface area is 197 Å². The molecule has 0 fully saturated rings. The summed E-state index contributed by atoms with van der Waals surface area (Å²) >= 11 is 0. The van der Waals surface area contributed by atoms with Crippen LogP contribution in [0.4, 0.5) is 0 Å². The van der Waals surface area contributed by atoms with Crippen molar-refractivity contribution in [3.63, 3.8) is 0 Å². The quantitative estimate of drug-likeness (QED) is 0.352. The zero-order valence-corrected chi connectivity index (χ0v) is 19.3. The molecule has 8 nitrogen and oxygen atoms in total. The van der Waals surface area contributed by atoms with Crippen LogP contribution in [0.3, 0.4) is 0 Å². The van der Waals surface area contributed by atoms with E-state index in [1.54, 1.807) is 83.0 Å². The van der Waals surface area contributed by atoms with E-state index >= 15 is 0 Å². The summed E-state index contributed by atoms with van der Waals surface area (Å²) in [6, 6.07) is 17.6. The highest BCUT2D eigenvalue weighted by atomic mass is 16.5. The van der Waals surface area contributed by atoms with Gasteiger partial charge in [-0.1, -0.05) is 24.3 Å².